The van der Waals surface area contributed by atoms with E-state index in [1.54, 1.807) is 0 Å². The first-order chi connectivity index (χ1) is 14.0. The fourth-order valence-electron chi connectivity index (χ4n) is 2.20. The van der Waals surface area contributed by atoms with Gasteiger partial charge < -0.3 is 21.0 Å². The van der Waals surface area contributed by atoms with Gasteiger partial charge >= 0.3 is 12.1 Å². The summed E-state index contributed by atoms with van der Waals surface area (Å²) in [5.74, 6) is -1.22. The van der Waals surface area contributed by atoms with Crippen molar-refractivity contribution in [2.24, 2.45) is 16.6 Å². The molecule has 0 radical (unpaired) electrons. The van der Waals surface area contributed by atoms with Gasteiger partial charge in [-0.25, -0.2) is 4.79 Å². The van der Waals surface area contributed by atoms with Gasteiger partial charge in [0.2, 0.25) is 0 Å². The predicted molar refractivity (Wildman–Crippen MR) is 99.5 cm³/mol. The van der Waals surface area contributed by atoms with Gasteiger partial charge in [-0.3, -0.25) is 9.48 Å². The number of aromatic nitrogens is 2. The highest BCUT2D eigenvalue weighted by molar-refractivity contribution is 6.31. The van der Waals surface area contributed by atoms with Crippen molar-refractivity contribution in [2.45, 2.75) is 26.1 Å². The molecule has 30 heavy (non-hydrogen) atoms. The monoisotopic (exact) mass is 447 g/mol. The lowest BCUT2D eigenvalue weighted by atomic mass is 10.2. The number of hydrogen-bond donors (Lipinski definition) is 2. The Bertz CT molecular complexity index is 958. The SMILES string of the molecule is Cc1c(Cl)c(C(F)(F)F)nn1CCC(=O)O/N=C(\N)c1ccc(OCC(N)=O)cc1. The second kappa shape index (κ2) is 9.48. The molecule has 0 spiro atoms. The van der Waals surface area contributed by atoms with Crippen LogP contribution >= 0.6 is 11.6 Å². The van der Waals surface area contributed by atoms with Crippen molar-refractivity contribution >= 4 is 29.3 Å². The van der Waals surface area contributed by atoms with Crippen LogP contribution in [0.25, 0.3) is 0 Å². The van der Waals surface area contributed by atoms with Gasteiger partial charge in [-0.1, -0.05) is 16.8 Å². The minimum atomic E-state index is -4.70. The Kier molecular flexibility index (Phi) is 7.27. The molecular formula is C17H17ClF3N5O4. The van der Waals surface area contributed by atoms with E-state index in [9.17, 15) is 22.8 Å². The van der Waals surface area contributed by atoms with Crippen molar-refractivity contribution in [3.63, 3.8) is 0 Å². The van der Waals surface area contributed by atoms with Gasteiger partial charge in [-0.05, 0) is 31.2 Å². The molecule has 0 fully saturated rings. The molecule has 1 amide bonds. The van der Waals surface area contributed by atoms with Gasteiger partial charge in [-0.15, -0.1) is 0 Å². The van der Waals surface area contributed by atoms with Crippen molar-refractivity contribution in [1.82, 2.24) is 9.78 Å². The van der Waals surface area contributed by atoms with Crippen LogP contribution < -0.4 is 16.2 Å². The maximum absolute atomic E-state index is 12.8. The zero-order valence-corrected chi connectivity index (χ0v) is 16.3. The number of amidine groups is 1. The number of nitrogens with two attached hydrogens (primary N) is 2. The topological polar surface area (TPSA) is 135 Å². The number of aryl methyl sites for hydroxylation is 1. The Hall–Kier alpha value is -3.28. The number of hydrogen-bond acceptors (Lipinski definition) is 6. The normalized spacial score (nSPS) is 12.0. The van der Waals surface area contributed by atoms with E-state index in [0.29, 0.717) is 11.3 Å². The molecule has 4 N–H and O–H groups in total. The molecule has 1 aromatic heterocycles. The summed E-state index contributed by atoms with van der Waals surface area (Å²) in [4.78, 5) is 27.1. The fraction of sp³-hybridized carbons (Fsp3) is 0.294. The number of nitrogens with zero attached hydrogens (tertiary/aromatic N) is 3. The Morgan fingerprint density at radius 3 is 2.40 bits per heavy atom. The number of primary amides is 1. The third kappa shape index (κ3) is 6.11. The van der Waals surface area contributed by atoms with Crippen LogP contribution in [0.5, 0.6) is 5.75 Å². The van der Waals surface area contributed by atoms with E-state index < -0.39 is 28.8 Å². The van der Waals surface area contributed by atoms with E-state index in [1.165, 1.54) is 31.2 Å². The lowest BCUT2D eigenvalue weighted by Gasteiger charge is -2.05. The molecule has 0 saturated carbocycles. The molecule has 2 rings (SSSR count). The first-order valence-electron chi connectivity index (χ1n) is 8.34. The van der Waals surface area contributed by atoms with Crippen LogP contribution in [0.1, 0.15) is 23.4 Å². The quantitative estimate of drug-likeness (QED) is 0.275. The minimum absolute atomic E-state index is 0.0680. The number of carbonyl (C=O) groups excluding carboxylic acids is 2. The van der Waals surface area contributed by atoms with E-state index in [4.69, 9.17) is 27.8 Å². The summed E-state index contributed by atoms with van der Waals surface area (Å²) in [5, 5.41) is 6.34. The van der Waals surface area contributed by atoms with Crippen molar-refractivity contribution in [3.8, 4) is 5.75 Å². The van der Waals surface area contributed by atoms with Gasteiger partial charge in [0.05, 0.1) is 23.7 Å². The molecule has 0 bridgehead atoms. The van der Waals surface area contributed by atoms with Crippen molar-refractivity contribution < 1.29 is 32.3 Å². The Balaban J connectivity index is 1.92. The van der Waals surface area contributed by atoms with Gasteiger partial charge in [0.25, 0.3) is 5.91 Å². The largest absolute Gasteiger partial charge is 0.484 e. The molecule has 0 atom stereocenters. The molecule has 9 nitrogen and oxygen atoms in total. The molecule has 1 heterocycles. The van der Waals surface area contributed by atoms with E-state index >= 15 is 0 Å². The summed E-state index contributed by atoms with van der Waals surface area (Å²) in [6, 6.07) is 6.03. The third-order valence-electron chi connectivity index (χ3n) is 3.71. The average Bonchev–Trinajstić information content (AvgIpc) is 2.97. The van der Waals surface area contributed by atoms with Crippen molar-refractivity contribution in [3.05, 3.63) is 46.2 Å². The van der Waals surface area contributed by atoms with Crippen LogP contribution in [-0.2, 0) is 27.1 Å². The Labute approximate surface area is 173 Å². The Morgan fingerprint density at radius 2 is 1.87 bits per heavy atom. The highest BCUT2D eigenvalue weighted by Gasteiger charge is 2.38. The molecule has 0 saturated heterocycles. The molecule has 0 unspecified atom stereocenters. The second-order valence-electron chi connectivity index (χ2n) is 5.94. The van der Waals surface area contributed by atoms with Crippen LogP contribution in [-0.4, -0.2) is 34.1 Å². The lowest BCUT2D eigenvalue weighted by molar-refractivity contribution is -0.144. The minimum Gasteiger partial charge on any atom is -0.484 e. The summed E-state index contributed by atoms with van der Waals surface area (Å²) in [6.45, 7) is 0.872. The van der Waals surface area contributed by atoms with Gasteiger partial charge in [-0.2, -0.15) is 18.3 Å². The van der Waals surface area contributed by atoms with Crippen LogP contribution in [0, 0.1) is 6.92 Å². The molecule has 162 valence electrons. The zero-order chi connectivity index (χ0) is 22.5. The molecule has 2 aromatic rings. The average molecular weight is 448 g/mol. The van der Waals surface area contributed by atoms with Crippen molar-refractivity contribution in [2.75, 3.05) is 6.61 Å². The zero-order valence-electron chi connectivity index (χ0n) is 15.6. The van der Waals surface area contributed by atoms with Gasteiger partial charge in [0.15, 0.2) is 18.1 Å². The van der Waals surface area contributed by atoms with Crippen LogP contribution in [0.15, 0.2) is 29.4 Å². The van der Waals surface area contributed by atoms with Crippen LogP contribution in [0.2, 0.25) is 5.02 Å². The van der Waals surface area contributed by atoms with Gasteiger partial charge in [0.1, 0.15) is 5.75 Å². The number of rotatable bonds is 8. The highest BCUT2D eigenvalue weighted by atomic mass is 35.5. The summed E-state index contributed by atoms with van der Waals surface area (Å²) < 4.78 is 44.5. The molecule has 0 aliphatic heterocycles. The standard InChI is InChI=1S/C17H17ClF3N5O4/c1-9-14(18)15(17(19,20)21)24-26(9)7-6-13(28)30-25-16(23)10-2-4-11(5-3-10)29-8-12(22)27/h2-5H,6-8H2,1H3,(H2,22,27)(H2,23,25). The summed E-state index contributed by atoms with van der Waals surface area (Å²) >= 11 is 5.64. The van der Waals surface area contributed by atoms with Crippen LogP contribution in [0.3, 0.4) is 0 Å². The summed E-state index contributed by atoms with van der Waals surface area (Å²) in [5.41, 5.74) is 9.93. The second-order valence-corrected chi connectivity index (χ2v) is 6.32. The van der Waals surface area contributed by atoms with E-state index in [2.05, 4.69) is 15.1 Å². The number of oxime groups is 1. The van der Waals surface area contributed by atoms with Crippen molar-refractivity contribution in [1.29, 1.82) is 0 Å². The smallest absolute Gasteiger partial charge is 0.436 e. The molecule has 13 heteroatoms. The predicted octanol–water partition coefficient (Wildman–Crippen LogP) is 1.98. The molecule has 0 aliphatic rings. The highest BCUT2D eigenvalue weighted by Crippen LogP contribution is 2.35. The summed E-state index contributed by atoms with van der Waals surface area (Å²) in [6.07, 6.45) is -5.01. The van der Waals surface area contributed by atoms with Crippen LogP contribution in [0.4, 0.5) is 13.2 Å². The number of halogens is 4. The van der Waals surface area contributed by atoms with E-state index in [0.717, 1.165) is 4.68 Å². The van der Waals surface area contributed by atoms with Gasteiger partial charge in [0, 0.05) is 5.56 Å². The van der Waals surface area contributed by atoms with E-state index in [1.807, 2.05) is 0 Å². The number of amides is 1. The Morgan fingerprint density at radius 1 is 1.23 bits per heavy atom. The van der Waals surface area contributed by atoms with E-state index in [-0.39, 0.29) is 31.1 Å². The first kappa shape index (κ1) is 23.0. The molecule has 1 aromatic carbocycles. The molecular weight excluding hydrogens is 431 g/mol. The maximum atomic E-state index is 12.8. The fourth-order valence-corrected chi connectivity index (χ4v) is 2.44. The summed E-state index contributed by atoms with van der Waals surface area (Å²) in [7, 11) is 0. The number of carbonyl (C=O) groups is 2. The number of benzene rings is 1. The lowest BCUT2D eigenvalue weighted by Crippen LogP contribution is -2.20. The molecule has 0 aliphatic carbocycles. The number of ether oxygens (including phenoxy) is 1. The number of alkyl halides is 3. The third-order valence-corrected chi connectivity index (χ3v) is 4.16. The maximum Gasteiger partial charge on any atom is 0.436 e. The first-order valence-corrected chi connectivity index (χ1v) is 8.71.